The average molecular weight is 325 g/mol. The lowest BCUT2D eigenvalue weighted by Gasteiger charge is -2.25. The number of thiophene rings is 1. The van der Waals surface area contributed by atoms with E-state index in [0.717, 1.165) is 12.0 Å². The van der Waals surface area contributed by atoms with Gasteiger partial charge < -0.3 is 10.6 Å². The molecule has 0 aliphatic heterocycles. The standard InChI is InChI=1S/C16H20N2OS.ClH/c1-11-6-7-13(10-15(11)17)16(19)18(3)12(2)9-14-5-4-8-20-14;/h4-8,10,12H,9,17H2,1-3H3;1H. The molecule has 1 amide bonds. The minimum atomic E-state index is 0. The third-order valence-corrected chi connectivity index (χ3v) is 4.48. The predicted molar refractivity (Wildman–Crippen MR) is 92.4 cm³/mol. The lowest BCUT2D eigenvalue weighted by atomic mass is 10.1. The molecule has 21 heavy (non-hydrogen) atoms. The molecule has 0 saturated carbocycles. The quantitative estimate of drug-likeness (QED) is 0.870. The molecular formula is C16H21ClN2OS. The Balaban J connectivity index is 0.00000220. The van der Waals surface area contributed by atoms with Crippen LogP contribution in [-0.4, -0.2) is 23.9 Å². The number of amides is 1. The van der Waals surface area contributed by atoms with E-state index in [9.17, 15) is 4.79 Å². The summed E-state index contributed by atoms with van der Waals surface area (Å²) in [4.78, 5) is 15.5. The molecular weight excluding hydrogens is 304 g/mol. The van der Waals surface area contributed by atoms with Crippen LogP contribution in [0, 0.1) is 6.92 Å². The van der Waals surface area contributed by atoms with Crippen LogP contribution in [0.25, 0.3) is 0 Å². The number of halogens is 1. The second-order valence-corrected chi connectivity index (χ2v) is 6.15. The van der Waals surface area contributed by atoms with Gasteiger partial charge >= 0.3 is 0 Å². The van der Waals surface area contributed by atoms with E-state index < -0.39 is 0 Å². The molecule has 1 unspecified atom stereocenters. The fourth-order valence-corrected chi connectivity index (χ4v) is 2.86. The molecule has 114 valence electrons. The Morgan fingerprint density at radius 3 is 2.67 bits per heavy atom. The SMILES string of the molecule is Cc1ccc(C(=O)N(C)C(C)Cc2cccs2)cc1N.Cl. The van der Waals surface area contributed by atoms with Crippen LogP contribution in [0.4, 0.5) is 5.69 Å². The summed E-state index contributed by atoms with van der Waals surface area (Å²) in [6.45, 7) is 4.00. The number of hydrogen-bond donors (Lipinski definition) is 1. The number of nitrogen functional groups attached to an aromatic ring is 1. The van der Waals surface area contributed by atoms with Gasteiger partial charge in [0.15, 0.2) is 0 Å². The highest BCUT2D eigenvalue weighted by atomic mass is 35.5. The van der Waals surface area contributed by atoms with Crippen molar-refractivity contribution in [2.24, 2.45) is 0 Å². The smallest absolute Gasteiger partial charge is 0.253 e. The molecule has 0 aliphatic rings. The molecule has 0 bridgehead atoms. The number of carbonyl (C=O) groups is 1. The second kappa shape index (κ2) is 7.48. The molecule has 1 aromatic heterocycles. The molecule has 1 heterocycles. The Kier molecular flexibility index (Phi) is 6.24. The molecule has 0 aliphatic carbocycles. The van der Waals surface area contributed by atoms with Crippen molar-refractivity contribution in [3.05, 3.63) is 51.7 Å². The molecule has 0 radical (unpaired) electrons. The van der Waals surface area contributed by atoms with Gasteiger partial charge in [-0.1, -0.05) is 12.1 Å². The van der Waals surface area contributed by atoms with E-state index in [4.69, 9.17) is 5.73 Å². The van der Waals surface area contributed by atoms with Crippen LogP contribution >= 0.6 is 23.7 Å². The van der Waals surface area contributed by atoms with E-state index in [1.165, 1.54) is 4.88 Å². The minimum absolute atomic E-state index is 0. The van der Waals surface area contributed by atoms with Crippen LogP contribution in [0.5, 0.6) is 0 Å². The number of benzene rings is 1. The number of hydrogen-bond acceptors (Lipinski definition) is 3. The maximum absolute atomic E-state index is 12.5. The second-order valence-electron chi connectivity index (χ2n) is 5.12. The first kappa shape index (κ1) is 17.5. The van der Waals surface area contributed by atoms with Gasteiger partial charge in [0, 0.05) is 35.6 Å². The Labute approximate surface area is 136 Å². The average Bonchev–Trinajstić information content (AvgIpc) is 2.93. The molecule has 0 fully saturated rings. The van der Waals surface area contributed by atoms with Crippen molar-refractivity contribution in [3.63, 3.8) is 0 Å². The highest BCUT2D eigenvalue weighted by molar-refractivity contribution is 7.09. The van der Waals surface area contributed by atoms with E-state index in [1.807, 2.05) is 32.2 Å². The van der Waals surface area contributed by atoms with E-state index in [-0.39, 0.29) is 24.4 Å². The highest BCUT2D eigenvalue weighted by Crippen LogP contribution is 2.17. The zero-order valence-corrected chi connectivity index (χ0v) is 14.1. The first-order chi connectivity index (χ1) is 9.49. The molecule has 1 atom stereocenters. The first-order valence-electron chi connectivity index (χ1n) is 6.64. The zero-order valence-electron chi connectivity index (χ0n) is 12.5. The number of nitrogens with two attached hydrogens (primary N) is 1. The van der Waals surface area contributed by atoms with Gasteiger partial charge in [0.1, 0.15) is 0 Å². The maximum Gasteiger partial charge on any atom is 0.253 e. The Morgan fingerprint density at radius 2 is 2.10 bits per heavy atom. The van der Waals surface area contributed by atoms with Crippen LogP contribution in [0.3, 0.4) is 0 Å². The Morgan fingerprint density at radius 1 is 1.38 bits per heavy atom. The minimum Gasteiger partial charge on any atom is -0.398 e. The molecule has 0 spiro atoms. The topological polar surface area (TPSA) is 46.3 Å². The van der Waals surface area contributed by atoms with Crippen molar-refractivity contribution in [3.8, 4) is 0 Å². The summed E-state index contributed by atoms with van der Waals surface area (Å²) in [5.74, 6) is 0.0146. The van der Waals surface area contributed by atoms with Gasteiger partial charge in [-0.05, 0) is 43.0 Å². The molecule has 2 aromatic rings. The van der Waals surface area contributed by atoms with Crippen molar-refractivity contribution in [1.82, 2.24) is 4.90 Å². The van der Waals surface area contributed by atoms with Gasteiger partial charge in [-0.2, -0.15) is 0 Å². The van der Waals surface area contributed by atoms with E-state index in [0.29, 0.717) is 11.3 Å². The van der Waals surface area contributed by atoms with Gasteiger partial charge in [0.25, 0.3) is 5.91 Å². The Hall–Kier alpha value is -1.52. The van der Waals surface area contributed by atoms with Gasteiger partial charge in [0.05, 0.1) is 0 Å². The molecule has 2 rings (SSSR count). The molecule has 1 aromatic carbocycles. The zero-order chi connectivity index (χ0) is 14.7. The summed E-state index contributed by atoms with van der Waals surface area (Å²) < 4.78 is 0. The lowest BCUT2D eigenvalue weighted by molar-refractivity contribution is 0.0744. The Bertz CT molecular complexity index is 598. The first-order valence-corrected chi connectivity index (χ1v) is 7.52. The molecule has 2 N–H and O–H groups in total. The fraction of sp³-hybridized carbons (Fsp3) is 0.312. The summed E-state index contributed by atoms with van der Waals surface area (Å²) in [5, 5.41) is 2.06. The maximum atomic E-state index is 12.5. The number of nitrogens with zero attached hydrogens (tertiary/aromatic N) is 1. The van der Waals surface area contributed by atoms with Crippen LogP contribution < -0.4 is 5.73 Å². The largest absolute Gasteiger partial charge is 0.398 e. The third kappa shape index (κ3) is 4.22. The summed E-state index contributed by atoms with van der Waals surface area (Å²) >= 11 is 1.72. The van der Waals surface area contributed by atoms with Gasteiger partial charge in [-0.25, -0.2) is 0 Å². The van der Waals surface area contributed by atoms with E-state index in [2.05, 4.69) is 18.4 Å². The van der Waals surface area contributed by atoms with Gasteiger partial charge in [0.2, 0.25) is 0 Å². The number of likely N-dealkylation sites (N-methyl/N-ethyl adjacent to an activating group) is 1. The van der Waals surface area contributed by atoms with Crippen molar-refractivity contribution >= 4 is 35.3 Å². The van der Waals surface area contributed by atoms with Gasteiger partial charge in [-0.15, -0.1) is 23.7 Å². The number of carbonyl (C=O) groups excluding carboxylic acids is 1. The third-order valence-electron chi connectivity index (χ3n) is 3.58. The normalized spacial score (nSPS) is 11.6. The van der Waals surface area contributed by atoms with Crippen LogP contribution in [0.1, 0.15) is 27.7 Å². The number of aryl methyl sites for hydroxylation is 1. The summed E-state index contributed by atoms with van der Waals surface area (Å²) in [6, 6.07) is 9.77. The summed E-state index contributed by atoms with van der Waals surface area (Å²) in [6.07, 6.45) is 0.876. The van der Waals surface area contributed by atoms with Crippen molar-refractivity contribution in [2.75, 3.05) is 12.8 Å². The van der Waals surface area contributed by atoms with Crippen molar-refractivity contribution in [1.29, 1.82) is 0 Å². The summed E-state index contributed by atoms with van der Waals surface area (Å²) in [5.41, 5.74) is 8.18. The predicted octanol–water partition coefficient (Wildman–Crippen LogP) is 3.76. The molecule has 0 saturated heterocycles. The van der Waals surface area contributed by atoms with Crippen LogP contribution in [0.15, 0.2) is 35.7 Å². The summed E-state index contributed by atoms with van der Waals surface area (Å²) in [7, 11) is 1.84. The van der Waals surface area contributed by atoms with Crippen LogP contribution in [0.2, 0.25) is 0 Å². The number of anilines is 1. The fourth-order valence-electron chi connectivity index (χ4n) is 2.03. The van der Waals surface area contributed by atoms with Crippen molar-refractivity contribution < 1.29 is 4.79 Å². The molecule has 3 nitrogen and oxygen atoms in total. The van der Waals surface area contributed by atoms with Gasteiger partial charge in [-0.3, -0.25) is 4.79 Å². The van der Waals surface area contributed by atoms with Crippen LogP contribution in [-0.2, 0) is 6.42 Å². The molecule has 5 heteroatoms. The lowest BCUT2D eigenvalue weighted by Crippen LogP contribution is -2.36. The van der Waals surface area contributed by atoms with E-state index >= 15 is 0 Å². The highest BCUT2D eigenvalue weighted by Gasteiger charge is 2.18. The van der Waals surface area contributed by atoms with Crippen molar-refractivity contribution in [2.45, 2.75) is 26.3 Å². The van der Waals surface area contributed by atoms with E-state index in [1.54, 1.807) is 22.3 Å². The monoisotopic (exact) mass is 324 g/mol. The number of rotatable bonds is 4.